The van der Waals surface area contributed by atoms with Crippen molar-refractivity contribution in [2.24, 2.45) is 67.1 Å². The fourth-order valence-corrected chi connectivity index (χ4v) is 19.7. The van der Waals surface area contributed by atoms with Gasteiger partial charge in [-0.15, -0.1) is 0 Å². The van der Waals surface area contributed by atoms with E-state index in [0.717, 1.165) is 149 Å². The van der Waals surface area contributed by atoms with Crippen molar-refractivity contribution in [2.75, 3.05) is 70.5 Å². The predicted molar refractivity (Wildman–Crippen MR) is 527 cm³/mol. The molecule has 4 atom stereocenters. The van der Waals surface area contributed by atoms with Crippen LogP contribution in [-0.2, 0) is 35.6 Å². The predicted octanol–water partition coefficient (Wildman–Crippen LogP) is 15.8. The molecular weight excluding hydrogens is 1760 g/mol. The number of aromatic amines is 3. The Balaban J connectivity index is 0.000000168. The Bertz CT molecular complexity index is 6470. The summed E-state index contributed by atoms with van der Waals surface area (Å²) in [7, 11) is -3.29. The molecule has 34 heteroatoms. The number of hydrogen-bond acceptors (Lipinski definition) is 18. The van der Waals surface area contributed by atoms with Gasteiger partial charge in [0.2, 0.25) is 0 Å². The van der Waals surface area contributed by atoms with Crippen molar-refractivity contribution in [2.45, 2.75) is 175 Å². The van der Waals surface area contributed by atoms with Gasteiger partial charge in [-0.2, -0.15) is 15.0 Å². The number of hydrogen-bond donors (Lipinski definition) is 11. The van der Waals surface area contributed by atoms with E-state index in [1.165, 1.54) is 13.7 Å². The van der Waals surface area contributed by atoms with E-state index < -0.39 is 50.4 Å². The zero-order valence-corrected chi connectivity index (χ0v) is 79.0. The molecule has 9 heterocycles. The topological polar surface area (TPSA) is 416 Å². The molecule has 0 aliphatic carbocycles. The number of piperidine rings is 1. The molecule has 17 N–H and O–H groups in total. The van der Waals surface area contributed by atoms with Crippen molar-refractivity contribution in [3.63, 3.8) is 0 Å². The van der Waals surface area contributed by atoms with E-state index >= 15 is 13.2 Å². The molecule has 0 amide bonds. The number of rotatable bonds is 33. The van der Waals surface area contributed by atoms with Gasteiger partial charge in [0.05, 0.1) is 80.4 Å². The average Bonchev–Trinajstić information content (AvgIpc) is 1.64. The van der Waals surface area contributed by atoms with Gasteiger partial charge in [-0.25, -0.2) is 36.0 Å². The van der Waals surface area contributed by atoms with Gasteiger partial charge in [-0.1, -0.05) is 126 Å². The molecule has 702 valence electrons. The maximum atomic E-state index is 15.2. The van der Waals surface area contributed by atoms with Crippen molar-refractivity contribution >= 4 is 95.2 Å². The van der Waals surface area contributed by atoms with Gasteiger partial charge in [0, 0.05) is 126 Å². The van der Waals surface area contributed by atoms with Crippen LogP contribution in [0.1, 0.15) is 171 Å². The van der Waals surface area contributed by atoms with E-state index in [0.29, 0.717) is 152 Å². The standard InChI is InChI=1S/C34H43ClFN7O.C32H39ClFN7O3S.C32H39ClFN7O2/c1-21(2)6-4-7-22-16-26(31(36)27(35)17-22)29-18-24-20-43(33(44)41-32(24)40-29)25-11-9-23(10-12-25)28-8-5-13-34(3,42-28)14-15-39-30(38)19-37;1-19(2)4-3-5-20-12-25(30(34)26(33)13-20)27-14-22-16-41(32(42)40-31(22)39-27)24-8-6-21(7-9-24)28-18-45(43,44)17-23(38-28)10-11-37-29(36)15-35;1-20(2)5-3-6-21-13-25(30(34)26(33)14-21)27-15-23-19-41(32(42)39-31(23)38-27)24-8-7-22-18-40(11-12-43-28(22)16-24)10-4-9-37-29(36)17-35/h9-12,16-18,20-21,28,42H,4-8,13-15,19,37H2,1-3H3,(H2,38,39)(H,40,41,44);6-9,12-14,16,19,23,28,38H,3-5,10-11,15,17-18,35H2,1-2H3,(H2,36,37)(H,39,40,42);7-8,13-16,19-20H,3-6,9-12,17-18,35H2,1-2H3,(H2,36,37)(H,38,39,42)/t28-,34?;23-,28+;/m01./s1. The zero-order chi connectivity index (χ0) is 94.2. The molecule has 2 saturated heterocycles. The van der Waals surface area contributed by atoms with Crippen LogP contribution in [0.3, 0.4) is 0 Å². The number of amidine groups is 3. The van der Waals surface area contributed by atoms with Crippen LogP contribution in [0, 0.1) is 35.2 Å². The smallest absolute Gasteiger partial charge is 0.354 e. The SMILES string of the molecule is CC(C)CCCc1cc(Cl)c(F)c(-c2cc3cn(-c4ccc([C@@H]5CCCC(C)(CCN=C(N)CN)N5)cc4)c(=O)nc3[nH]2)c1.CC(C)CCCc1cc(Cl)c(F)c(-c2cc3cn(-c4ccc([C@@H]5CS(=O)(=O)C[C@@H](CCN=C(N)CN)N5)cc4)c(=O)nc3[nH]2)c1.CC(C)CCCc1cc(Cl)c(F)c(-c2cc3cn(-c4ccc5c(c4)OCCN(CCCN=C(N)CN)C5)c(=O)nc3[nH]2)c1. The lowest BCUT2D eigenvalue weighted by molar-refractivity contribution is 0.215. The normalized spacial score (nSPS) is 17.4. The highest BCUT2D eigenvalue weighted by atomic mass is 35.5. The third-order valence-corrected chi connectivity index (χ3v) is 26.9. The Morgan fingerprint density at radius 2 is 0.955 bits per heavy atom. The lowest BCUT2D eigenvalue weighted by Crippen LogP contribution is -2.48. The highest BCUT2D eigenvalue weighted by Gasteiger charge is 2.34. The maximum Gasteiger partial charge on any atom is 0.354 e. The first-order valence-electron chi connectivity index (χ1n) is 45.4. The van der Waals surface area contributed by atoms with E-state index in [9.17, 15) is 22.8 Å². The second-order valence-corrected chi connectivity index (χ2v) is 39.6. The second-order valence-electron chi connectivity index (χ2n) is 36.2. The lowest BCUT2D eigenvalue weighted by atomic mass is 9.83. The number of fused-ring (bicyclic) bond motifs is 4. The third kappa shape index (κ3) is 25.8. The van der Waals surface area contributed by atoms with Crippen LogP contribution in [0.15, 0.2) is 169 Å². The van der Waals surface area contributed by atoms with Gasteiger partial charge in [0.15, 0.2) is 27.3 Å². The minimum absolute atomic E-state index is 0.0257. The monoisotopic (exact) mass is 1880 g/mol. The Hall–Kier alpha value is -10.8. The molecule has 1 unspecified atom stereocenters. The molecule has 3 aliphatic heterocycles. The molecule has 0 spiro atoms. The van der Waals surface area contributed by atoms with Crippen LogP contribution in [0.25, 0.3) is 83.9 Å². The first-order valence-corrected chi connectivity index (χ1v) is 48.4. The number of aromatic nitrogens is 9. The van der Waals surface area contributed by atoms with Crippen molar-refractivity contribution in [1.82, 2.24) is 59.1 Å². The Morgan fingerprint density at radius 1 is 0.538 bits per heavy atom. The molecule has 15 rings (SSSR count). The number of nitrogens with zero attached hydrogens (tertiary/aromatic N) is 10. The average molecular weight is 1880 g/mol. The summed E-state index contributed by atoms with van der Waals surface area (Å²) in [5, 5.41) is 9.44. The minimum Gasteiger partial charge on any atom is -0.492 e. The summed E-state index contributed by atoms with van der Waals surface area (Å²) in [4.78, 5) is 76.4. The Kier molecular flexibility index (Phi) is 33.5. The molecule has 2 fully saturated rings. The molecule has 0 radical (unpaired) electrons. The van der Waals surface area contributed by atoms with Crippen molar-refractivity contribution in [3.05, 3.63) is 237 Å². The largest absolute Gasteiger partial charge is 0.492 e. The van der Waals surface area contributed by atoms with E-state index in [4.69, 9.17) is 73.9 Å². The highest BCUT2D eigenvalue weighted by Crippen LogP contribution is 2.39. The number of nitrogens with two attached hydrogens (primary N) is 6. The molecule has 132 heavy (non-hydrogen) atoms. The van der Waals surface area contributed by atoms with Crippen LogP contribution in [0.5, 0.6) is 5.75 Å². The third-order valence-electron chi connectivity index (χ3n) is 24.3. The van der Waals surface area contributed by atoms with Gasteiger partial charge in [0.1, 0.15) is 46.8 Å². The summed E-state index contributed by atoms with van der Waals surface area (Å²) >= 11 is 18.8. The first-order chi connectivity index (χ1) is 63.2. The summed E-state index contributed by atoms with van der Waals surface area (Å²) in [6.45, 7) is 20.6. The van der Waals surface area contributed by atoms with Crippen molar-refractivity contribution < 1.29 is 26.3 Å². The summed E-state index contributed by atoms with van der Waals surface area (Å²) in [5.74, 6) is 2.27. The van der Waals surface area contributed by atoms with E-state index in [1.54, 1.807) is 79.3 Å². The summed E-state index contributed by atoms with van der Waals surface area (Å²) in [6.07, 6.45) is 19.2. The number of aliphatic imine (C=N–C) groups is 3. The summed E-state index contributed by atoms with van der Waals surface area (Å²) < 4.78 is 81.3. The number of aryl methyl sites for hydroxylation is 3. The lowest BCUT2D eigenvalue weighted by Gasteiger charge is -2.40. The van der Waals surface area contributed by atoms with Gasteiger partial charge >= 0.3 is 17.1 Å². The minimum atomic E-state index is -3.29. The van der Waals surface area contributed by atoms with Crippen LogP contribution in [0.2, 0.25) is 15.1 Å². The Morgan fingerprint density at radius 3 is 1.39 bits per heavy atom. The van der Waals surface area contributed by atoms with Crippen molar-refractivity contribution in [1.29, 1.82) is 0 Å². The van der Waals surface area contributed by atoms with Gasteiger partial charge in [-0.05, 0) is 214 Å². The quantitative estimate of drug-likeness (QED) is 0.0103. The maximum absolute atomic E-state index is 15.2. The number of halogens is 6. The summed E-state index contributed by atoms with van der Waals surface area (Å²) in [6, 6.07) is 36.3. The van der Waals surface area contributed by atoms with Crippen LogP contribution in [-0.4, -0.2) is 156 Å². The molecule has 6 aromatic heterocycles. The van der Waals surface area contributed by atoms with Gasteiger partial charge in [-0.3, -0.25) is 33.6 Å². The van der Waals surface area contributed by atoms with Crippen LogP contribution < -0.4 is 66.8 Å². The molecular formula is C98H121Cl3F3N21O6S. The van der Waals surface area contributed by atoms with E-state index in [1.807, 2.05) is 48.5 Å². The number of nitrogens with one attached hydrogen (secondary N) is 5. The fraction of sp³-hybridized carbons (Fsp3) is 0.418. The van der Waals surface area contributed by atoms with Crippen LogP contribution in [0.4, 0.5) is 13.2 Å². The second kappa shape index (κ2) is 44.8. The molecule has 3 aliphatic rings. The number of H-pyrrole nitrogens is 3. The zero-order valence-electron chi connectivity index (χ0n) is 75.9. The molecule has 0 bridgehead atoms. The number of benzene rings is 6. The number of sulfone groups is 1. The first kappa shape index (κ1) is 98.7. The van der Waals surface area contributed by atoms with Gasteiger partial charge < -0.3 is 64.7 Å². The van der Waals surface area contributed by atoms with Gasteiger partial charge in [0.25, 0.3) is 0 Å². The molecule has 6 aromatic carbocycles. The van der Waals surface area contributed by atoms with E-state index in [2.05, 4.69) is 121 Å². The molecule has 27 nitrogen and oxygen atoms in total. The van der Waals surface area contributed by atoms with E-state index in [-0.39, 0.29) is 63.8 Å². The van der Waals surface area contributed by atoms with Crippen molar-refractivity contribution in [3.8, 4) is 56.6 Å². The number of ether oxygens (including phenoxy) is 1. The van der Waals surface area contributed by atoms with Crippen LogP contribution >= 0.6 is 34.8 Å². The fourth-order valence-electron chi connectivity index (χ4n) is 17.2. The summed E-state index contributed by atoms with van der Waals surface area (Å²) in [5.41, 5.74) is 43.7. The molecule has 12 aromatic rings. The highest BCUT2D eigenvalue weighted by molar-refractivity contribution is 7.91. The Labute approximate surface area is 782 Å². The molecule has 0 saturated carbocycles.